The normalized spacial score (nSPS) is 15.0. The minimum absolute atomic E-state index is 0.0475. The number of hydrogen-bond acceptors (Lipinski definition) is 7. The zero-order chi connectivity index (χ0) is 18.1. The van der Waals surface area contributed by atoms with E-state index < -0.39 is 0 Å². The summed E-state index contributed by atoms with van der Waals surface area (Å²) in [5, 5.41) is 19.7. The van der Waals surface area contributed by atoms with Gasteiger partial charge >= 0.3 is 0 Å². The standard InChI is InChI=1S/C16H20BrN9/c1-3-18-15-12(17)9-19-16(23-15)22-14-8-13(24-25(14)11-4-5-11)10(2)26-20-6-7-21-26/h6-11H,3-5H2,1-2H3,(H2,18,19,22,23)/t10-/m1/s1. The van der Waals surface area contributed by atoms with Crippen molar-refractivity contribution in [2.45, 2.75) is 38.8 Å². The fourth-order valence-corrected chi connectivity index (χ4v) is 3.02. The maximum Gasteiger partial charge on any atom is 0.230 e. The van der Waals surface area contributed by atoms with Crippen molar-refractivity contribution in [1.29, 1.82) is 0 Å². The van der Waals surface area contributed by atoms with Crippen molar-refractivity contribution in [3.05, 3.63) is 34.8 Å². The summed E-state index contributed by atoms with van der Waals surface area (Å²) in [6.45, 7) is 4.84. The summed E-state index contributed by atoms with van der Waals surface area (Å²) in [6.07, 6.45) is 7.35. The summed E-state index contributed by atoms with van der Waals surface area (Å²) in [7, 11) is 0. The SMILES string of the molecule is CCNc1nc(Nc2cc([C@@H](C)n3nccn3)nn2C2CC2)ncc1Br. The number of aromatic nitrogens is 7. The Bertz CT molecular complexity index is 885. The lowest BCUT2D eigenvalue weighted by Crippen LogP contribution is -2.11. The Morgan fingerprint density at radius 1 is 1.31 bits per heavy atom. The van der Waals surface area contributed by atoms with E-state index in [-0.39, 0.29) is 6.04 Å². The molecule has 1 aliphatic carbocycles. The molecule has 1 aliphatic rings. The molecular weight excluding hydrogens is 398 g/mol. The zero-order valence-electron chi connectivity index (χ0n) is 14.6. The van der Waals surface area contributed by atoms with Crippen LogP contribution in [0.25, 0.3) is 0 Å². The van der Waals surface area contributed by atoms with Crippen molar-refractivity contribution in [2.75, 3.05) is 17.2 Å². The van der Waals surface area contributed by atoms with Crippen molar-refractivity contribution < 1.29 is 0 Å². The fraction of sp³-hybridized carbons (Fsp3) is 0.438. The van der Waals surface area contributed by atoms with Crippen LogP contribution in [-0.2, 0) is 0 Å². The summed E-state index contributed by atoms with van der Waals surface area (Å²) in [5.74, 6) is 2.17. The molecule has 0 saturated heterocycles. The zero-order valence-corrected chi connectivity index (χ0v) is 16.2. The second-order valence-electron chi connectivity index (χ2n) is 6.20. The average molecular weight is 418 g/mol. The van der Waals surface area contributed by atoms with Gasteiger partial charge in [-0.05, 0) is 42.6 Å². The largest absolute Gasteiger partial charge is 0.369 e. The van der Waals surface area contributed by atoms with E-state index in [0.717, 1.165) is 41.2 Å². The van der Waals surface area contributed by atoms with Crippen LogP contribution >= 0.6 is 15.9 Å². The molecule has 136 valence electrons. The number of anilines is 3. The van der Waals surface area contributed by atoms with Crippen molar-refractivity contribution >= 4 is 33.5 Å². The van der Waals surface area contributed by atoms with E-state index in [2.05, 4.69) is 46.7 Å². The van der Waals surface area contributed by atoms with Crippen LogP contribution < -0.4 is 10.6 Å². The quantitative estimate of drug-likeness (QED) is 0.608. The van der Waals surface area contributed by atoms with Crippen LogP contribution in [0.3, 0.4) is 0 Å². The van der Waals surface area contributed by atoms with Crippen LogP contribution in [0, 0.1) is 0 Å². The Kier molecular flexibility index (Phi) is 4.58. The van der Waals surface area contributed by atoms with E-state index in [9.17, 15) is 0 Å². The van der Waals surface area contributed by atoms with Gasteiger partial charge in [0, 0.05) is 18.8 Å². The van der Waals surface area contributed by atoms with Gasteiger partial charge in [-0.25, -0.2) is 9.67 Å². The Balaban J connectivity index is 1.63. The van der Waals surface area contributed by atoms with Crippen molar-refractivity contribution in [2.24, 2.45) is 0 Å². The highest BCUT2D eigenvalue weighted by Crippen LogP contribution is 2.38. The molecule has 3 heterocycles. The topological polar surface area (TPSA) is 98.4 Å². The van der Waals surface area contributed by atoms with E-state index in [0.29, 0.717) is 12.0 Å². The number of rotatable bonds is 7. The number of nitrogens with zero attached hydrogens (tertiary/aromatic N) is 7. The van der Waals surface area contributed by atoms with Crippen LogP contribution in [0.5, 0.6) is 0 Å². The highest BCUT2D eigenvalue weighted by molar-refractivity contribution is 9.10. The maximum atomic E-state index is 4.77. The number of nitrogens with one attached hydrogen (secondary N) is 2. The second kappa shape index (κ2) is 7.02. The van der Waals surface area contributed by atoms with Gasteiger partial charge < -0.3 is 10.6 Å². The van der Waals surface area contributed by atoms with Gasteiger partial charge in [0.05, 0.1) is 28.6 Å². The third-order valence-electron chi connectivity index (χ3n) is 4.19. The molecule has 3 aromatic rings. The first kappa shape index (κ1) is 17.0. The number of hydrogen-bond donors (Lipinski definition) is 2. The van der Waals surface area contributed by atoms with Crippen LogP contribution in [0.2, 0.25) is 0 Å². The molecule has 1 saturated carbocycles. The van der Waals surface area contributed by atoms with E-state index in [1.54, 1.807) is 23.4 Å². The minimum Gasteiger partial charge on any atom is -0.369 e. The Labute approximate surface area is 159 Å². The second-order valence-corrected chi connectivity index (χ2v) is 7.06. The predicted octanol–water partition coefficient (Wildman–Crippen LogP) is 3.15. The molecule has 0 bridgehead atoms. The Morgan fingerprint density at radius 3 is 2.77 bits per heavy atom. The van der Waals surface area contributed by atoms with Crippen molar-refractivity contribution in [3.63, 3.8) is 0 Å². The highest BCUT2D eigenvalue weighted by Gasteiger charge is 2.29. The Hall–Kier alpha value is -2.49. The molecule has 0 unspecified atom stereocenters. The lowest BCUT2D eigenvalue weighted by atomic mass is 10.2. The van der Waals surface area contributed by atoms with Gasteiger partial charge in [-0.15, -0.1) is 0 Å². The molecule has 0 spiro atoms. The minimum atomic E-state index is -0.0475. The maximum absolute atomic E-state index is 4.77. The summed E-state index contributed by atoms with van der Waals surface area (Å²) < 4.78 is 2.85. The lowest BCUT2D eigenvalue weighted by Gasteiger charge is -2.10. The van der Waals surface area contributed by atoms with Gasteiger partial charge in [-0.2, -0.15) is 25.1 Å². The van der Waals surface area contributed by atoms with Gasteiger partial charge in [0.25, 0.3) is 0 Å². The van der Waals surface area contributed by atoms with Gasteiger partial charge in [0.1, 0.15) is 17.7 Å². The van der Waals surface area contributed by atoms with Crippen molar-refractivity contribution in [3.8, 4) is 0 Å². The lowest BCUT2D eigenvalue weighted by molar-refractivity contribution is 0.474. The van der Waals surface area contributed by atoms with Gasteiger partial charge in [0.2, 0.25) is 5.95 Å². The molecule has 3 aromatic heterocycles. The molecule has 0 amide bonds. The number of halogens is 1. The van der Waals surface area contributed by atoms with Crippen LogP contribution in [0.4, 0.5) is 17.6 Å². The summed E-state index contributed by atoms with van der Waals surface area (Å²) >= 11 is 3.46. The predicted molar refractivity (Wildman–Crippen MR) is 102 cm³/mol. The molecule has 2 N–H and O–H groups in total. The average Bonchev–Trinajstić information content (AvgIpc) is 3.17. The van der Waals surface area contributed by atoms with Crippen LogP contribution in [0.1, 0.15) is 44.5 Å². The van der Waals surface area contributed by atoms with Crippen LogP contribution in [-0.4, -0.2) is 41.3 Å². The molecule has 1 atom stereocenters. The molecule has 0 aromatic carbocycles. The van der Waals surface area contributed by atoms with Gasteiger partial charge in [-0.3, -0.25) is 0 Å². The van der Waals surface area contributed by atoms with E-state index in [4.69, 9.17) is 5.10 Å². The monoisotopic (exact) mass is 417 g/mol. The molecule has 9 nitrogen and oxygen atoms in total. The van der Waals surface area contributed by atoms with Crippen LogP contribution in [0.15, 0.2) is 29.1 Å². The molecule has 0 radical (unpaired) electrons. The van der Waals surface area contributed by atoms with Gasteiger partial charge in [0.15, 0.2) is 0 Å². The third kappa shape index (κ3) is 3.41. The molecule has 10 heteroatoms. The first-order valence-electron chi connectivity index (χ1n) is 8.64. The molecule has 26 heavy (non-hydrogen) atoms. The first-order valence-corrected chi connectivity index (χ1v) is 9.43. The molecule has 4 rings (SSSR count). The smallest absolute Gasteiger partial charge is 0.230 e. The molecular formula is C16H20BrN9. The molecule has 1 fully saturated rings. The molecule has 0 aliphatic heterocycles. The highest BCUT2D eigenvalue weighted by atomic mass is 79.9. The summed E-state index contributed by atoms with van der Waals surface area (Å²) in [6, 6.07) is 2.39. The summed E-state index contributed by atoms with van der Waals surface area (Å²) in [4.78, 5) is 10.5. The van der Waals surface area contributed by atoms with E-state index in [1.807, 2.05) is 24.6 Å². The fourth-order valence-electron chi connectivity index (χ4n) is 2.69. The first-order chi connectivity index (χ1) is 12.7. The van der Waals surface area contributed by atoms with E-state index in [1.165, 1.54) is 0 Å². The van der Waals surface area contributed by atoms with E-state index >= 15 is 0 Å². The van der Waals surface area contributed by atoms with Crippen molar-refractivity contribution in [1.82, 2.24) is 34.7 Å². The third-order valence-corrected chi connectivity index (χ3v) is 4.77. The Morgan fingerprint density at radius 2 is 2.08 bits per heavy atom. The summed E-state index contributed by atoms with van der Waals surface area (Å²) in [5.41, 5.74) is 0.902. The van der Waals surface area contributed by atoms with Gasteiger partial charge in [-0.1, -0.05) is 0 Å².